The minimum Gasteiger partial charge on any atom is -0.356 e. The summed E-state index contributed by atoms with van der Waals surface area (Å²) in [6.45, 7) is 4.21. The molecule has 1 aromatic heterocycles. The van der Waals surface area contributed by atoms with Crippen molar-refractivity contribution in [1.82, 2.24) is 15.4 Å². The van der Waals surface area contributed by atoms with Gasteiger partial charge in [0.15, 0.2) is 0 Å². The molecule has 0 aliphatic heterocycles. The van der Waals surface area contributed by atoms with Crippen molar-refractivity contribution in [1.29, 1.82) is 0 Å². The Morgan fingerprint density at radius 3 is 2.62 bits per heavy atom. The third-order valence-electron chi connectivity index (χ3n) is 2.72. The van der Waals surface area contributed by atoms with Crippen molar-refractivity contribution in [2.75, 3.05) is 20.1 Å². The van der Waals surface area contributed by atoms with Crippen LogP contribution in [0.25, 0.3) is 0 Å². The number of amides is 1. The molecule has 1 amide bonds. The molecule has 0 fully saturated rings. The van der Waals surface area contributed by atoms with Crippen molar-refractivity contribution < 1.29 is 13.2 Å². The van der Waals surface area contributed by atoms with Gasteiger partial charge in [0.25, 0.3) is 0 Å². The Kier molecular flexibility index (Phi) is 9.07. The maximum absolute atomic E-state index is 12.0. The molecule has 1 atom stereocenters. The Labute approximate surface area is 136 Å². The molecular formula is C12H22ClN3O3S2. The average Bonchev–Trinajstić information content (AvgIpc) is 2.85. The molecule has 1 heterocycles. The minimum atomic E-state index is -3.44. The lowest BCUT2D eigenvalue weighted by molar-refractivity contribution is -0.118. The number of hydrogen-bond acceptors (Lipinski definition) is 5. The van der Waals surface area contributed by atoms with Gasteiger partial charge in [-0.3, -0.25) is 4.79 Å². The van der Waals surface area contributed by atoms with E-state index in [9.17, 15) is 13.2 Å². The first kappa shape index (κ1) is 20.3. The van der Waals surface area contributed by atoms with Crippen molar-refractivity contribution in [3.05, 3.63) is 17.0 Å². The minimum absolute atomic E-state index is 0. The maximum Gasteiger partial charge on any atom is 0.250 e. The number of carbonyl (C=O) groups is 1. The predicted octanol–water partition coefficient (Wildman–Crippen LogP) is 0.735. The topological polar surface area (TPSA) is 87.3 Å². The summed E-state index contributed by atoms with van der Waals surface area (Å²) < 4.78 is 27.0. The number of rotatable bonds is 8. The first-order valence-electron chi connectivity index (χ1n) is 6.35. The number of likely N-dealkylation sites (N-methyl/N-ethyl adjacent to an activating group) is 1. The third-order valence-corrected chi connectivity index (χ3v) is 5.78. The second kappa shape index (κ2) is 9.37. The summed E-state index contributed by atoms with van der Waals surface area (Å²) in [5.41, 5.74) is 0. The van der Waals surface area contributed by atoms with E-state index in [0.29, 0.717) is 23.7 Å². The number of halogens is 1. The van der Waals surface area contributed by atoms with Crippen LogP contribution in [0.5, 0.6) is 0 Å². The highest BCUT2D eigenvalue weighted by Crippen LogP contribution is 2.21. The Balaban J connectivity index is 0.00000400. The Morgan fingerprint density at radius 2 is 2.05 bits per heavy atom. The quantitative estimate of drug-likeness (QED) is 0.641. The van der Waals surface area contributed by atoms with Crippen molar-refractivity contribution in [3.63, 3.8) is 0 Å². The fourth-order valence-corrected chi connectivity index (χ4v) is 3.94. The molecule has 0 radical (unpaired) electrons. The molecule has 0 spiro atoms. The van der Waals surface area contributed by atoms with E-state index < -0.39 is 10.0 Å². The second-order valence-corrected chi connectivity index (χ2v) is 7.66. The van der Waals surface area contributed by atoms with Crippen LogP contribution in [0.1, 0.15) is 18.7 Å². The SMILES string of the molecule is CNC(C)CNS(=O)(=O)c1ccc(CCNC(C)=O)s1.Cl. The molecule has 0 saturated heterocycles. The van der Waals surface area contributed by atoms with Gasteiger partial charge in [0.05, 0.1) is 0 Å². The maximum atomic E-state index is 12.0. The third kappa shape index (κ3) is 7.23. The molecule has 0 aromatic carbocycles. The van der Waals surface area contributed by atoms with Crippen LogP contribution in [0, 0.1) is 0 Å². The molecule has 0 bridgehead atoms. The van der Waals surface area contributed by atoms with E-state index in [-0.39, 0.29) is 24.4 Å². The van der Waals surface area contributed by atoms with Crippen LogP contribution in [0.15, 0.2) is 16.3 Å². The fourth-order valence-electron chi connectivity index (χ4n) is 1.41. The monoisotopic (exact) mass is 355 g/mol. The summed E-state index contributed by atoms with van der Waals surface area (Å²) in [6, 6.07) is 3.45. The lowest BCUT2D eigenvalue weighted by atomic mass is 10.3. The summed E-state index contributed by atoms with van der Waals surface area (Å²) >= 11 is 1.23. The van der Waals surface area contributed by atoms with Gasteiger partial charge in [-0.2, -0.15) is 0 Å². The van der Waals surface area contributed by atoms with Crippen LogP contribution < -0.4 is 15.4 Å². The average molecular weight is 356 g/mol. The van der Waals surface area contributed by atoms with E-state index in [2.05, 4.69) is 15.4 Å². The van der Waals surface area contributed by atoms with Gasteiger partial charge in [-0.15, -0.1) is 23.7 Å². The molecular weight excluding hydrogens is 334 g/mol. The lowest BCUT2D eigenvalue weighted by Crippen LogP contribution is -2.36. The summed E-state index contributed by atoms with van der Waals surface area (Å²) in [5, 5.41) is 5.65. The summed E-state index contributed by atoms with van der Waals surface area (Å²) in [4.78, 5) is 11.7. The van der Waals surface area contributed by atoms with E-state index in [4.69, 9.17) is 0 Å². The molecule has 0 saturated carbocycles. The number of carbonyl (C=O) groups excluding carboxylic acids is 1. The molecule has 1 rings (SSSR count). The molecule has 122 valence electrons. The van der Waals surface area contributed by atoms with Crippen LogP contribution in [-0.2, 0) is 21.2 Å². The van der Waals surface area contributed by atoms with Gasteiger partial charge in [0.1, 0.15) is 4.21 Å². The van der Waals surface area contributed by atoms with Crippen LogP contribution >= 0.6 is 23.7 Å². The Bertz CT molecular complexity index is 546. The zero-order valence-corrected chi connectivity index (χ0v) is 14.8. The Morgan fingerprint density at radius 1 is 1.38 bits per heavy atom. The van der Waals surface area contributed by atoms with Gasteiger partial charge in [0, 0.05) is 30.9 Å². The van der Waals surface area contributed by atoms with Crippen molar-refractivity contribution >= 4 is 39.7 Å². The van der Waals surface area contributed by atoms with Crippen LogP contribution in [-0.4, -0.2) is 40.5 Å². The van der Waals surface area contributed by atoms with Gasteiger partial charge in [-0.05, 0) is 32.5 Å². The first-order chi connectivity index (χ1) is 9.35. The van der Waals surface area contributed by atoms with E-state index >= 15 is 0 Å². The highest BCUT2D eigenvalue weighted by Gasteiger charge is 2.17. The van der Waals surface area contributed by atoms with Gasteiger partial charge < -0.3 is 10.6 Å². The summed E-state index contributed by atoms with van der Waals surface area (Å²) in [5.74, 6) is -0.0860. The largest absolute Gasteiger partial charge is 0.356 e. The zero-order chi connectivity index (χ0) is 15.2. The second-order valence-electron chi connectivity index (χ2n) is 4.50. The predicted molar refractivity (Wildman–Crippen MR) is 87.7 cm³/mol. The number of sulfonamides is 1. The molecule has 21 heavy (non-hydrogen) atoms. The van der Waals surface area contributed by atoms with Gasteiger partial charge in [-0.25, -0.2) is 13.1 Å². The Hall–Kier alpha value is -0.670. The summed E-state index contributed by atoms with van der Waals surface area (Å²) in [6.07, 6.45) is 0.632. The molecule has 1 aromatic rings. The molecule has 3 N–H and O–H groups in total. The van der Waals surface area contributed by atoms with E-state index in [1.165, 1.54) is 18.3 Å². The smallest absolute Gasteiger partial charge is 0.250 e. The molecule has 0 aliphatic carbocycles. The van der Waals surface area contributed by atoms with Gasteiger partial charge in [-0.1, -0.05) is 0 Å². The highest BCUT2D eigenvalue weighted by molar-refractivity contribution is 7.91. The van der Waals surface area contributed by atoms with E-state index in [0.717, 1.165) is 4.88 Å². The summed E-state index contributed by atoms with van der Waals surface area (Å²) in [7, 11) is -1.66. The van der Waals surface area contributed by atoms with Crippen molar-refractivity contribution in [2.24, 2.45) is 0 Å². The standard InChI is InChI=1S/C12H21N3O3S2.ClH/c1-9(13-3)8-15-20(17,18)12-5-4-11(19-12)6-7-14-10(2)16;/h4-5,9,13,15H,6-8H2,1-3H3,(H,14,16);1H. The molecule has 0 aliphatic rings. The number of nitrogens with one attached hydrogen (secondary N) is 3. The number of thiophene rings is 1. The van der Waals surface area contributed by atoms with Crippen molar-refractivity contribution in [2.45, 2.75) is 30.5 Å². The van der Waals surface area contributed by atoms with Crippen LogP contribution in [0.4, 0.5) is 0 Å². The molecule has 6 nitrogen and oxygen atoms in total. The van der Waals surface area contributed by atoms with Crippen molar-refractivity contribution in [3.8, 4) is 0 Å². The highest BCUT2D eigenvalue weighted by atomic mass is 35.5. The van der Waals surface area contributed by atoms with E-state index in [1.54, 1.807) is 19.2 Å². The van der Waals surface area contributed by atoms with Gasteiger partial charge >= 0.3 is 0 Å². The first-order valence-corrected chi connectivity index (χ1v) is 8.65. The van der Waals surface area contributed by atoms with Crippen LogP contribution in [0.2, 0.25) is 0 Å². The van der Waals surface area contributed by atoms with Crippen LogP contribution in [0.3, 0.4) is 0 Å². The normalized spacial score (nSPS) is 12.5. The number of hydrogen-bond donors (Lipinski definition) is 3. The lowest BCUT2D eigenvalue weighted by Gasteiger charge is -2.10. The van der Waals surface area contributed by atoms with E-state index in [1.807, 2.05) is 6.92 Å². The fraction of sp³-hybridized carbons (Fsp3) is 0.583. The molecule has 9 heteroatoms. The van der Waals surface area contributed by atoms with Gasteiger partial charge in [0.2, 0.25) is 15.9 Å². The molecule has 1 unspecified atom stereocenters. The zero-order valence-electron chi connectivity index (χ0n) is 12.3.